The molecule has 7 nitrogen and oxygen atoms in total. The Bertz CT molecular complexity index is 936. The molecule has 8 heteroatoms. The highest BCUT2D eigenvalue weighted by Crippen LogP contribution is 2.13. The summed E-state index contributed by atoms with van der Waals surface area (Å²) >= 11 is 5.38. The maximum Gasteiger partial charge on any atom is 0.306 e. The Morgan fingerprint density at radius 1 is 0.574 bits per heavy atom. The molecule has 0 aromatic rings. The van der Waals surface area contributed by atoms with Gasteiger partial charge in [-0.3, -0.25) is 9.59 Å². The largest absolute Gasteiger partial charge is 0.467 e. The van der Waals surface area contributed by atoms with Crippen LogP contribution in [0.25, 0.3) is 0 Å². The van der Waals surface area contributed by atoms with Crippen LogP contribution in [0, 0.1) is 0 Å². The summed E-state index contributed by atoms with van der Waals surface area (Å²) in [7, 11) is 0. The van der Waals surface area contributed by atoms with Crippen molar-refractivity contribution in [3.8, 4) is 0 Å². The fraction of sp³-hybridized carbons (Fsp3) is 0.848. The Morgan fingerprint density at radius 3 is 1.46 bits per heavy atom. The third kappa shape index (κ3) is 34.6. The van der Waals surface area contributed by atoms with Crippen molar-refractivity contribution in [1.82, 2.24) is 10.2 Å². The third-order valence-electron chi connectivity index (χ3n) is 10.3. The first-order valence-electron chi connectivity index (χ1n) is 22.8. The summed E-state index contributed by atoms with van der Waals surface area (Å²) in [5.41, 5.74) is 0. The number of hydrogen-bond acceptors (Lipinski definition) is 7. The van der Waals surface area contributed by atoms with Gasteiger partial charge in [-0.2, -0.15) is 0 Å². The predicted octanol–water partition coefficient (Wildman–Crippen LogP) is 12.5. The van der Waals surface area contributed by atoms with E-state index in [1.54, 1.807) is 0 Å². The van der Waals surface area contributed by atoms with Crippen molar-refractivity contribution in [2.45, 2.75) is 213 Å². The molecule has 0 bridgehead atoms. The number of nitrogens with zero attached hydrogens (tertiary/aromatic N) is 1. The second kappa shape index (κ2) is 39.3. The Labute approximate surface area is 338 Å². The minimum atomic E-state index is -0.683. The molecule has 54 heavy (non-hydrogen) atoms. The van der Waals surface area contributed by atoms with Crippen LogP contribution in [0.1, 0.15) is 206 Å². The molecule has 0 spiro atoms. The van der Waals surface area contributed by atoms with Gasteiger partial charge in [-0.05, 0) is 102 Å². The summed E-state index contributed by atoms with van der Waals surface area (Å²) in [6, 6.07) is 0. The molecule has 1 heterocycles. The molecule has 0 radical (unpaired) electrons. The van der Waals surface area contributed by atoms with E-state index in [-0.39, 0.29) is 30.3 Å². The van der Waals surface area contributed by atoms with Gasteiger partial charge in [0.15, 0.2) is 6.10 Å². The Balaban J connectivity index is 2.23. The number of rotatable bonds is 38. The molecule has 1 unspecified atom stereocenters. The molecule has 1 aliphatic rings. The van der Waals surface area contributed by atoms with Gasteiger partial charge >= 0.3 is 11.9 Å². The van der Waals surface area contributed by atoms with E-state index in [1.807, 2.05) is 0 Å². The van der Waals surface area contributed by atoms with Crippen LogP contribution >= 0.6 is 12.2 Å². The first-order chi connectivity index (χ1) is 26.5. The number of thiocarbonyl (C=S) groups is 1. The molecular weight excluding hydrogens is 693 g/mol. The van der Waals surface area contributed by atoms with Crippen molar-refractivity contribution >= 4 is 29.3 Å². The fourth-order valence-electron chi connectivity index (χ4n) is 6.84. The third-order valence-corrected chi connectivity index (χ3v) is 10.6. The number of unbranched alkanes of at least 4 members (excludes halogenated alkanes) is 22. The van der Waals surface area contributed by atoms with Crippen LogP contribution in [0.5, 0.6) is 0 Å². The van der Waals surface area contributed by atoms with Crippen LogP contribution in [0.2, 0.25) is 0 Å². The zero-order valence-corrected chi connectivity index (χ0v) is 36.1. The summed E-state index contributed by atoms with van der Waals surface area (Å²) in [5, 5.41) is 3.43. The Morgan fingerprint density at radius 2 is 0.981 bits per heavy atom. The van der Waals surface area contributed by atoms with Gasteiger partial charge in [0.05, 0.1) is 0 Å². The van der Waals surface area contributed by atoms with Crippen LogP contribution in [-0.4, -0.2) is 67.5 Å². The Kier molecular flexibility index (Phi) is 36.5. The van der Waals surface area contributed by atoms with Crippen molar-refractivity contribution in [3.05, 3.63) is 24.3 Å². The van der Waals surface area contributed by atoms with Gasteiger partial charge in [-0.25, -0.2) is 0 Å². The number of carbonyl (C=O) groups excluding carboxylic acids is 2. The lowest BCUT2D eigenvalue weighted by Gasteiger charge is -2.20. The van der Waals surface area contributed by atoms with Gasteiger partial charge in [0, 0.05) is 25.9 Å². The van der Waals surface area contributed by atoms with Gasteiger partial charge in [0.1, 0.15) is 13.2 Å². The van der Waals surface area contributed by atoms with Gasteiger partial charge < -0.3 is 24.4 Å². The molecule has 0 aromatic heterocycles. The van der Waals surface area contributed by atoms with Crippen molar-refractivity contribution in [2.75, 3.05) is 39.4 Å². The van der Waals surface area contributed by atoms with Crippen molar-refractivity contribution in [1.29, 1.82) is 0 Å². The molecule has 1 rings (SSSR count). The number of allylic oxidation sites excluding steroid dienone is 4. The van der Waals surface area contributed by atoms with E-state index >= 15 is 0 Å². The lowest BCUT2D eigenvalue weighted by Crippen LogP contribution is -2.36. The van der Waals surface area contributed by atoms with E-state index in [0.717, 1.165) is 71.0 Å². The number of hydrogen-bond donors (Lipinski definition) is 1. The molecule has 0 aromatic carbocycles. The molecule has 1 atom stereocenters. The van der Waals surface area contributed by atoms with Crippen LogP contribution in [-0.2, 0) is 23.8 Å². The van der Waals surface area contributed by atoms with Crippen LogP contribution < -0.4 is 5.32 Å². The van der Waals surface area contributed by atoms with E-state index in [0.29, 0.717) is 19.4 Å². The van der Waals surface area contributed by atoms with Crippen molar-refractivity contribution in [2.24, 2.45) is 0 Å². The molecule has 1 fully saturated rings. The van der Waals surface area contributed by atoms with Gasteiger partial charge in [0.25, 0.3) is 5.17 Å². The number of ether oxygens (including phenoxy) is 3. The molecule has 0 aliphatic carbocycles. The fourth-order valence-corrected chi connectivity index (χ4v) is 7.01. The normalized spacial score (nSPS) is 13.9. The minimum absolute atomic E-state index is 0.0155. The van der Waals surface area contributed by atoms with E-state index in [9.17, 15) is 9.59 Å². The topological polar surface area (TPSA) is 77.1 Å². The maximum atomic E-state index is 12.7. The SMILES string of the molecule is CCCCCCCC/C=C\CCCCCCCC(=O)OCC(COC(=S)NCCN1CCCC1)OC(=O)CCCCCCC/C=C\CCCCCCCC. The number of nitrogens with one attached hydrogen (secondary N) is 1. The summed E-state index contributed by atoms with van der Waals surface area (Å²) in [6.45, 7) is 8.47. The maximum absolute atomic E-state index is 12.7. The predicted molar refractivity (Wildman–Crippen MR) is 232 cm³/mol. The summed E-state index contributed by atoms with van der Waals surface area (Å²) < 4.78 is 17.0. The zero-order chi connectivity index (χ0) is 39.0. The summed E-state index contributed by atoms with van der Waals surface area (Å²) in [4.78, 5) is 27.7. The number of esters is 2. The lowest BCUT2D eigenvalue weighted by atomic mass is 10.1. The molecular formula is C46H84N2O5S. The molecule has 0 amide bonds. The van der Waals surface area contributed by atoms with Crippen LogP contribution in [0.4, 0.5) is 0 Å². The molecule has 1 aliphatic heterocycles. The van der Waals surface area contributed by atoms with Gasteiger partial charge in [-0.1, -0.05) is 141 Å². The monoisotopic (exact) mass is 777 g/mol. The van der Waals surface area contributed by atoms with Crippen molar-refractivity contribution in [3.63, 3.8) is 0 Å². The van der Waals surface area contributed by atoms with Crippen molar-refractivity contribution < 1.29 is 23.8 Å². The highest BCUT2D eigenvalue weighted by Gasteiger charge is 2.19. The van der Waals surface area contributed by atoms with Gasteiger partial charge in [-0.15, -0.1) is 0 Å². The lowest BCUT2D eigenvalue weighted by molar-refractivity contribution is -0.161. The molecule has 1 N–H and O–H groups in total. The number of likely N-dealkylation sites (tertiary alicyclic amines) is 1. The quantitative estimate of drug-likeness (QED) is 0.0287. The summed E-state index contributed by atoms with van der Waals surface area (Å²) in [5.74, 6) is -0.528. The first-order valence-corrected chi connectivity index (χ1v) is 23.2. The average molecular weight is 777 g/mol. The van der Waals surface area contributed by atoms with E-state index in [2.05, 4.69) is 48.4 Å². The standard InChI is InChI=1S/C46H84N2O5S/c1-3-5-7-9-11-13-15-17-19-21-23-25-27-29-31-35-44(49)51-41-43(42-52-46(54)47-37-40-48-38-33-34-39-48)53-45(50)36-32-30-28-26-24-22-20-18-16-14-12-10-8-6-4-2/h17-20,43H,3-16,21-42H2,1-2H3,(H,47,54)/b19-17-,20-18-. The van der Waals surface area contributed by atoms with Crippen LogP contribution in [0.3, 0.4) is 0 Å². The van der Waals surface area contributed by atoms with E-state index in [4.69, 9.17) is 26.4 Å². The molecule has 314 valence electrons. The van der Waals surface area contributed by atoms with E-state index < -0.39 is 6.10 Å². The summed E-state index contributed by atoms with van der Waals surface area (Å²) in [6.07, 6.45) is 43.5. The highest BCUT2D eigenvalue weighted by molar-refractivity contribution is 7.80. The zero-order valence-electron chi connectivity index (χ0n) is 35.2. The molecule has 1 saturated heterocycles. The van der Waals surface area contributed by atoms with E-state index in [1.165, 1.54) is 128 Å². The van der Waals surface area contributed by atoms with Crippen LogP contribution in [0.15, 0.2) is 24.3 Å². The second-order valence-electron chi connectivity index (χ2n) is 15.5. The molecule has 0 saturated carbocycles. The second-order valence-corrected chi connectivity index (χ2v) is 15.9. The highest BCUT2D eigenvalue weighted by atomic mass is 32.1. The Hall–Kier alpha value is -1.93. The minimum Gasteiger partial charge on any atom is -0.467 e. The average Bonchev–Trinajstić information content (AvgIpc) is 3.69. The number of carbonyl (C=O) groups is 2. The first kappa shape index (κ1) is 50.1. The van der Waals surface area contributed by atoms with Gasteiger partial charge in [0.2, 0.25) is 0 Å². The smallest absolute Gasteiger partial charge is 0.306 e.